The maximum atomic E-state index is 12.6. The van der Waals surface area contributed by atoms with Gasteiger partial charge in [-0.2, -0.15) is 0 Å². The molecule has 0 amide bonds. The molecule has 6 heteroatoms. The third-order valence-electron chi connectivity index (χ3n) is 4.45. The van der Waals surface area contributed by atoms with Gasteiger partial charge in [0.05, 0.1) is 16.3 Å². The Morgan fingerprint density at radius 1 is 1.20 bits per heavy atom. The number of aromatic nitrogens is 3. The van der Waals surface area contributed by atoms with Crippen LogP contribution in [0, 0.1) is 0 Å². The van der Waals surface area contributed by atoms with Gasteiger partial charge < -0.3 is 4.98 Å². The van der Waals surface area contributed by atoms with Gasteiger partial charge in [0, 0.05) is 44.0 Å². The molecule has 0 spiro atoms. The Morgan fingerprint density at radius 2 is 2.04 bits per heavy atom. The highest BCUT2D eigenvalue weighted by atomic mass is 35.5. The first kappa shape index (κ1) is 16.0. The molecule has 1 aliphatic rings. The normalized spacial score (nSPS) is 14.3. The van der Waals surface area contributed by atoms with Crippen molar-refractivity contribution in [2.24, 2.45) is 0 Å². The van der Waals surface area contributed by atoms with Gasteiger partial charge in [-0.15, -0.1) is 0 Å². The quantitative estimate of drug-likeness (QED) is 0.787. The van der Waals surface area contributed by atoms with Crippen LogP contribution < -0.4 is 5.56 Å². The summed E-state index contributed by atoms with van der Waals surface area (Å²) in [5.74, 6) is 0.634. The van der Waals surface area contributed by atoms with Crippen molar-refractivity contribution < 1.29 is 0 Å². The van der Waals surface area contributed by atoms with Crippen molar-refractivity contribution in [1.82, 2.24) is 19.9 Å². The van der Waals surface area contributed by atoms with Crippen LogP contribution in [0.2, 0.25) is 5.02 Å². The number of fused-ring (bicyclic) bond motifs is 1. The van der Waals surface area contributed by atoms with Crippen molar-refractivity contribution >= 4 is 11.6 Å². The fourth-order valence-electron chi connectivity index (χ4n) is 3.12. The maximum Gasteiger partial charge on any atom is 0.255 e. The molecule has 1 aromatic carbocycles. The molecule has 3 aromatic rings. The molecular weight excluding hydrogens is 336 g/mol. The van der Waals surface area contributed by atoms with Crippen molar-refractivity contribution in [3.8, 4) is 11.4 Å². The molecule has 5 nitrogen and oxygen atoms in total. The summed E-state index contributed by atoms with van der Waals surface area (Å²) in [4.78, 5) is 26.4. The highest BCUT2D eigenvalue weighted by Crippen LogP contribution is 2.22. The van der Waals surface area contributed by atoms with E-state index >= 15 is 0 Å². The number of hydrogen-bond acceptors (Lipinski definition) is 4. The minimum Gasteiger partial charge on any atom is -0.306 e. The lowest BCUT2D eigenvalue weighted by molar-refractivity contribution is 0.242. The predicted octanol–water partition coefficient (Wildman–Crippen LogP) is 3.04. The summed E-state index contributed by atoms with van der Waals surface area (Å²) in [6.07, 6.45) is 4.14. The molecule has 0 bridgehead atoms. The second kappa shape index (κ2) is 6.78. The smallest absolute Gasteiger partial charge is 0.255 e. The molecule has 0 saturated carbocycles. The molecule has 25 heavy (non-hydrogen) atoms. The van der Waals surface area contributed by atoms with Gasteiger partial charge in [-0.3, -0.25) is 14.7 Å². The van der Waals surface area contributed by atoms with Crippen LogP contribution in [0.4, 0.5) is 0 Å². The van der Waals surface area contributed by atoms with Crippen LogP contribution >= 0.6 is 11.6 Å². The van der Waals surface area contributed by atoms with Crippen LogP contribution in [-0.2, 0) is 19.5 Å². The van der Waals surface area contributed by atoms with Gasteiger partial charge in [0.1, 0.15) is 5.82 Å². The predicted molar refractivity (Wildman–Crippen MR) is 97.4 cm³/mol. The summed E-state index contributed by atoms with van der Waals surface area (Å²) in [6.45, 7) is 2.11. The number of halogens is 1. The first-order valence-corrected chi connectivity index (χ1v) is 8.57. The van der Waals surface area contributed by atoms with Gasteiger partial charge in [0.25, 0.3) is 5.56 Å². The Labute approximate surface area is 150 Å². The second-order valence-electron chi connectivity index (χ2n) is 6.13. The van der Waals surface area contributed by atoms with Crippen LogP contribution in [0.1, 0.15) is 16.8 Å². The number of pyridine rings is 1. The van der Waals surface area contributed by atoms with Crippen molar-refractivity contribution in [2.45, 2.75) is 19.5 Å². The van der Waals surface area contributed by atoms with Crippen molar-refractivity contribution in [1.29, 1.82) is 0 Å². The van der Waals surface area contributed by atoms with E-state index in [4.69, 9.17) is 11.6 Å². The number of aromatic amines is 1. The monoisotopic (exact) mass is 352 g/mol. The standard InChI is InChI=1S/C19H17ClN4O/c20-16-10-21-8-6-14(16)11-24-9-7-17-15(12-24)19(25)23-18(22-17)13-4-2-1-3-5-13/h1-6,8,10H,7,9,11-12H2,(H,22,23,25). The van der Waals surface area contributed by atoms with E-state index in [2.05, 4.69) is 19.9 Å². The Kier molecular flexibility index (Phi) is 4.34. The van der Waals surface area contributed by atoms with Gasteiger partial charge in [-0.1, -0.05) is 41.9 Å². The van der Waals surface area contributed by atoms with E-state index in [1.165, 1.54) is 0 Å². The number of hydrogen-bond donors (Lipinski definition) is 1. The summed E-state index contributed by atoms with van der Waals surface area (Å²) in [7, 11) is 0. The molecule has 0 saturated heterocycles. The minimum atomic E-state index is -0.0608. The highest BCUT2D eigenvalue weighted by molar-refractivity contribution is 6.31. The fraction of sp³-hybridized carbons (Fsp3) is 0.211. The molecular formula is C19H17ClN4O. The SMILES string of the molecule is O=c1[nH]c(-c2ccccc2)nc2c1CN(Cc1ccncc1Cl)CC2. The van der Waals surface area contributed by atoms with E-state index < -0.39 is 0 Å². The molecule has 0 atom stereocenters. The summed E-state index contributed by atoms with van der Waals surface area (Å²) >= 11 is 6.19. The van der Waals surface area contributed by atoms with E-state index in [1.54, 1.807) is 12.4 Å². The maximum absolute atomic E-state index is 12.6. The zero-order valence-electron chi connectivity index (χ0n) is 13.6. The second-order valence-corrected chi connectivity index (χ2v) is 6.54. The number of rotatable bonds is 3. The largest absolute Gasteiger partial charge is 0.306 e. The third-order valence-corrected chi connectivity index (χ3v) is 4.79. The zero-order valence-corrected chi connectivity index (χ0v) is 14.3. The fourth-order valence-corrected chi connectivity index (χ4v) is 3.30. The number of benzene rings is 1. The van der Waals surface area contributed by atoms with Gasteiger partial charge in [-0.25, -0.2) is 4.98 Å². The highest BCUT2D eigenvalue weighted by Gasteiger charge is 2.22. The summed E-state index contributed by atoms with van der Waals surface area (Å²) in [6, 6.07) is 11.6. The first-order chi connectivity index (χ1) is 12.2. The molecule has 0 unspecified atom stereocenters. The Morgan fingerprint density at radius 3 is 2.84 bits per heavy atom. The summed E-state index contributed by atoms with van der Waals surface area (Å²) < 4.78 is 0. The van der Waals surface area contributed by atoms with E-state index in [0.717, 1.165) is 35.3 Å². The molecule has 4 rings (SSSR count). The van der Waals surface area contributed by atoms with Crippen LogP contribution in [-0.4, -0.2) is 26.4 Å². The zero-order chi connectivity index (χ0) is 17.2. The van der Waals surface area contributed by atoms with Gasteiger partial charge in [0.15, 0.2) is 0 Å². The Balaban J connectivity index is 1.60. The van der Waals surface area contributed by atoms with Crippen molar-refractivity contribution in [3.05, 3.63) is 81.0 Å². The van der Waals surface area contributed by atoms with E-state index in [-0.39, 0.29) is 5.56 Å². The Bertz CT molecular complexity index is 955. The van der Waals surface area contributed by atoms with Gasteiger partial charge >= 0.3 is 0 Å². The minimum absolute atomic E-state index is 0.0608. The van der Waals surface area contributed by atoms with Crippen molar-refractivity contribution in [2.75, 3.05) is 6.54 Å². The van der Waals surface area contributed by atoms with Gasteiger partial charge in [-0.05, 0) is 11.6 Å². The lowest BCUT2D eigenvalue weighted by Gasteiger charge is -2.28. The third kappa shape index (κ3) is 3.34. The summed E-state index contributed by atoms with van der Waals surface area (Å²) in [5.41, 5.74) is 3.52. The lowest BCUT2D eigenvalue weighted by atomic mass is 10.1. The summed E-state index contributed by atoms with van der Waals surface area (Å²) in [5, 5.41) is 0.653. The molecule has 0 radical (unpaired) electrons. The average molecular weight is 353 g/mol. The van der Waals surface area contributed by atoms with Crippen LogP contribution in [0.15, 0.2) is 53.6 Å². The number of nitrogens with zero attached hydrogens (tertiary/aromatic N) is 3. The van der Waals surface area contributed by atoms with Crippen LogP contribution in [0.5, 0.6) is 0 Å². The van der Waals surface area contributed by atoms with Crippen LogP contribution in [0.25, 0.3) is 11.4 Å². The number of H-pyrrole nitrogens is 1. The molecule has 1 N–H and O–H groups in total. The molecule has 126 valence electrons. The Hall–Kier alpha value is -2.50. The molecule has 1 aliphatic heterocycles. The van der Waals surface area contributed by atoms with Gasteiger partial charge in [0.2, 0.25) is 0 Å². The molecule has 0 fully saturated rings. The lowest BCUT2D eigenvalue weighted by Crippen LogP contribution is -2.35. The number of nitrogens with one attached hydrogen (secondary N) is 1. The van der Waals surface area contributed by atoms with E-state index in [0.29, 0.717) is 23.9 Å². The average Bonchev–Trinajstić information content (AvgIpc) is 2.65. The molecule has 2 aromatic heterocycles. The van der Waals surface area contributed by atoms with Crippen molar-refractivity contribution in [3.63, 3.8) is 0 Å². The first-order valence-electron chi connectivity index (χ1n) is 8.19. The molecule has 3 heterocycles. The topological polar surface area (TPSA) is 61.9 Å². The van der Waals surface area contributed by atoms with E-state index in [1.807, 2.05) is 36.4 Å². The van der Waals surface area contributed by atoms with Crippen LogP contribution in [0.3, 0.4) is 0 Å². The van der Waals surface area contributed by atoms with E-state index in [9.17, 15) is 4.79 Å². The molecule has 0 aliphatic carbocycles.